The van der Waals surface area contributed by atoms with Crippen LogP contribution in [0.3, 0.4) is 0 Å². The molecular formula is C10H23NOS. The number of hydrogen-bond donors (Lipinski definition) is 1. The Kier molecular flexibility index (Phi) is 6.60. The third-order valence-corrected chi connectivity index (χ3v) is 3.40. The van der Waals surface area contributed by atoms with Gasteiger partial charge in [0.1, 0.15) is 0 Å². The van der Waals surface area contributed by atoms with E-state index < -0.39 is 11.0 Å². The summed E-state index contributed by atoms with van der Waals surface area (Å²) in [7, 11) is -0.893. The standard InChI is InChI=1S/C10H23NOS/c1-5-6-7-8-9-11-13(12)10(2,3)4/h11H,5-9H2,1-4H3. The largest absolute Gasteiger partial charge is 0.242 e. The van der Waals surface area contributed by atoms with Gasteiger partial charge in [-0.05, 0) is 27.2 Å². The lowest BCUT2D eigenvalue weighted by Crippen LogP contribution is -2.33. The summed E-state index contributed by atoms with van der Waals surface area (Å²) in [5.41, 5.74) is 0. The summed E-state index contributed by atoms with van der Waals surface area (Å²) < 4.78 is 14.4. The topological polar surface area (TPSA) is 29.1 Å². The highest BCUT2D eigenvalue weighted by Gasteiger charge is 2.18. The Bertz CT molecular complexity index is 151. The van der Waals surface area contributed by atoms with E-state index in [9.17, 15) is 4.21 Å². The molecule has 0 aliphatic carbocycles. The first-order valence-electron chi connectivity index (χ1n) is 5.14. The average molecular weight is 205 g/mol. The van der Waals surface area contributed by atoms with E-state index in [1.54, 1.807) is 0 Å². The molecule has 1 atom stereocenters. The number of hydrogen-bond acceptors (Lipinski definition) is 1. The zero-order chi connectivity index (χ0) is 10.3. The Balaban J connectivity index is 3.38. The summed E-state index contributed by atoms with van der Waals surface area (Å²) in [6.45, 7) is 9.04. The van der Waals surface area contributed by atoms with E-state index in [0.29, 0.717) is 0 Å². The van der Waals surface area contributed by atoms with Gasteiger partial charge in [0.2, 0.25) is 0 Å². The molecule has 0 saturated carbocycles. The van der Waals surface area contributed by atoms with Crippen LogP contribution in [0.2, 0.25) is 0 Å². The Morgan fingerprint density at radius 1 is 1.15 bits per heavy atom. The maximum absolute atomic E-state index is 11.5. The fourth-order valence-corrected chi connectivity index (χ4v) is 1.70. The molecule has 13 heavy (non-hydrogen) atoms. The molecule has 0 spiro atoms. The lowest BCUT2D eigenvalue weighted by Gasteiger charge is -2.17. The van der Waals surface area contributed by atoms with Crippen LogP contribution in [-0.4, -0.2) is 15.5 Å². The molecule has 0 amide bonds. The van der Waals surface area contributed by atoms with Crippen LogP contribution in [0, 0.1) is 0 Å². The van der Waals surface area contributed by atoms with Crippen molar-refractivity contribution in [1.29, 1.82) is 0 Å². The van der Waals surface area contributed by atoms with Crippen molar-refractivity contribution in [2.75, 3.05) is 6.54 Å². The van der Waals surface area contributed by atoms with Crippen molar-refractivity contribution in [3.8, 4) is 0 Å². The highest BCUT2D eigenvalue weighted by molar-refractivity contribution is 7.84. The second kappa shape index (κ2) is 6.55. The van der Waals surface area contributed by atoms with E-state index >= 15 is 0 Å². The van der Waals surface area contributed by atoms with Crippen molar-refractivity contribution in [1.82, 2.24) is 4.72 Å². The van der Waals surface area contributed by atoms with Crippen molar-refractivity contribution in [2.45, 2.75) is 58.1 Å². The molecule has 0 radical (unpaired) electrons. The van der Waals surface area contributed by atoms with Crippen LogP contribution < -0.4 is 4.72 Å². The summed E-state index contributed by atoms with van der Waals surface area (Å²) in [6.07, 6.45) is 4.91. The van der Waals surface area contributed by atoms with Crippen molar-refractivity contribution in [2.24, 2.45) is 0 Å². The Morgan fingerprint density at radius 3 is 2.23 bits per heavy atom. The van der Waals surface area contributed by atoms with Crippen LogP contribution in [0.25, 0.3) is 0 Å². The average Bonchev–Trinajstić information content (AvgIpc) is 2.02. The molecule has 0 aromatic carbocycles. The maximum Gasteiger partial charge on any atom is 0.0970 e. The lowest BCUT2D eigenvalue weighted by molar-refractivity contribution is 0.618. The van der Waals surface area contributed by atoms with Gasteiger partial charge in [-0.3, -0.25) is 0 Å². The zero-order valence-corrected chi connectivity index (χ0v) is 10.2. The fraction of sp³-hybridized carbons (Fsp3) is 1.00. The van der Waals surface area contributed by atoms with Gasteiger partial charge in [-0.15, -0.1) is 0 Å². The molecule has 0 aromatic heterocycles. The van der Waals surface area contributed by atoms with E-state index in [2.05, 4.69) is 11.6 Å². The highest BCUT2D eigenvalue weighted by atomic mass is 32.2. The summed E-state index contributed by atoms with van der Waals surface area (Å²) in [5.74, 6) is 0. The number of nitrogens with one attached hydrogen (secondary N) is 1. The van der Waals surface area contributed by atoms with E-state index in [-0.39, 0.29) is 4.75 Å². The van der Waals surface area contributed by atoms with Crippen molar-refractivity contribution in [3.63, 3.8) is 0 Å². The second-order valence-electron chi connectivity index (χ2n) is 4.34. The lowest BCUT2D eigenvalue weighted by atomic mass is 10.2. The fourth-order valence-electron chi connectivity index (χ4n) is 0.933. The normalized spacial score (nSPS) is 14.5. The summed E-state index contributed by atoms with van der Waals surface area (Å²) in [4.78, 5) is 0. The van der Waals surface area contributed by atoms with Crippen LogP contribution in [0.5, 0.6) is 0 Å². The minimum absolute atomic E-state index is 0.134. The molecule has 80 valence electrons. The van der Waals surface area contributed by atoms with E-state index in [0.717, 1.165) is 13.0 Å². The molecule has 0 bridgehead atoms. The van der Waals surface area contributed by atoms with Gasteiger partial charge in [-0.2, -0.15) is 0 Å². The van der Waals surface area contributed by atoms with Crippen LogP contribution in [-0.2, 0) is 11.0 Å². The first-order chi connectivity index (χ1) is 5.98. The van der Waals surface area contributed by atoms with Crippen LogP contribution in [0.15, 0.2) is 0 Å². The van der Waals surface area contributed by atoms with Gasteiger partial charge in [0.15, 0.2) is 0 Å². The Hall–Kier alpha value is 0.110. The van der Waals surface area contributed by atoms with Gasteiger partial charge in [-0.25, -0.2) is 8.93 Å². The molecule has 1 unspecified atom stereocenters. The molecule has 0 saturated heterocycles. The quantitative estimate of drug-likeness (QED) is 0.664. The number of unbranched alkanes of at least 4 members (excludes halogenated alkanes) is 3. The molecule has 0 heterocycles. The van der Waals surface area contributed by atoms with Crippen LogP contribution >= 0.6 is 0 Å². The Morgan fingerprint density at radius 2 is 1.77 bits per heavy atom. The molecule has 1 N–H and O–H groups in total. The predicted octanol–water partition coefficient (Wildman–Crippen LogP) is 2.62. The summed E-state index contributed by atoms with van der Waals surface area (Å²) >= 11 is 0. The molecule has 3 heteroatoms. The Labute approximate surface area is 85.1 Å². The molecular weight excluding hydrogens is 182 g/mol. The van der Waals surface area contributed by atoms with Gasteiger partial charge >= 0.3 is 0 Å². The SMILES string of the molecule is CCCCCCNS(=O)C(C)(C)C. The van der Waals surface area contributed by atoms with Crippen molar-refractivity contribution >= 4 is 11.0 Å². The van der Waals surface area contributed by atoms with Gasteiger partial charge in [0.05, 0.1) is 15.7 Å². The van der Waals surface area contributed by atoms with Crippen LogP contribution in [0.4, 0.5) is 0 Å². The first kappa shape index (κ1) is 13.1. The highest BCUT2D eigenvalue weighted by Crippen LogP contribution is 2.08. The van der Waals surface area contributed by atoms with Crippen molar-refractivity contribution < 1.29 is 4.21 Å². The summed E-state index contributed by atoms with van der Waals surface area (Å²) in [6, 6.07) is 0. The van der Waals surface area contributed by atoms with Gasteiger partial charge in [-0.1, -0.05) is 26.2 Å². The van der Waals surface area contributed by atoms with Gasteiger partial charge in [0, 0.05) is 6.54 Å². The monoisotopic (exact) mass is 205 g/mol. The molecule has 0 aliphatic heterocycles. The van der Waals surface area contributed by atoms with Gasteiger partial charge < -0.3 is 0 Å². The van der Waals surface area contributed by atoms with Crippen LogP contribution in [0.1, 0.15) is 53.4 Å². The smallest absolute Gasteiger partial charge is 0.0970 e. The van der Waals surface area contributed by atoms with E-state index in [1.165, 1.54) is 19.3 Å². The predicted molar refractivity (Wildman–Crippen MR) is 60.0 cm³/mol. The third kappa shape index (κ3) is 7.20. The molecule has 0 rings (SSSR count). The minimum atomic E-state index is -0.893. The van der Waals surface area contributed by atoms with Crippen molar-refractivity contribution in [3.05, 3.63) is 0 Å². The van der Waals surface area contributed by atoms with Gasteiger partial charge in [0.25, 0.3) is 0 Å². The number of rotatable bonds is 6. The summed E-state index contributed by atoms with van der Waals surface area (Å²) in [5, 5.41) is 0. The molecule has 0 aromatic rings. The second-order valence-corrected chi connectivity index (χ2v) is 6.39. The van der Waals surface area contributed by atoms with E-state index in [4.69, 9.17) is 0 Å². The molecule has 2 nitrogen and oxygen atoms in total. The molecule has 0 fully saturated rings. The van der Waals surface area contributed by atoms with E-state index in [1.807, 2.05) is 20.8 Å². The zero-order valence-electron chi connectivity index (χ0n) is 9.35. The molecule has 0 aliphatic rings. The third-order valence-electron chi connectivity index (χ3n) is 1.82. The minimum Gasteiger partial charge on any atom is -0.242 e. The maximum atomic E-state index is 11.5. The first-order valence-corrected chi connectivity index (χ1v) is 6.29.